The molecule has 148 valence electrons. The Hall–Kier alpha value is -3.07. The molecule has 0 atom stereocenters. The molecule has 1 saturated carbocycles. The van der Waals surface area contributed by atoms with E-state index in [0.29, 0.717) is 17.1 Å². The SMILES string of the molecule is Cc1cc(N2CCN(C(=O)C3CCCC3)CC2)n2c(nc3ccccc32)c1C#N. The monoisotopic (exact) mass is 387 g/mol. The second-order valence-electron chi connectivity index (χ2n) is 8.23. The Balaban J connectivity index is 1.49. The van der Waals surface area contributed by atoms with Gasteiger partial charge in [0.15, 0.2) is 5.65 Å². The molecule has 1 aliphatic heterocycles. The third-order valence-electron chi connectivity index (χ3n) is 6.48. The summed E-state index contributed by atoms with van der Waals surface area (Å²) >= 11 is 0. The predicted molar refractivity (Wildman–Crippen MR) is 113 cm³/mol. The van der Waals surface area contributed by atoms with Gasteiger partial charge in [0, 0.05) is 32.1 Å². The van der Waals surface area contributed by atoms with Crippen LogP contribution < -0.4 is 4.90 Å². The Morgan fingerprint density at radius 1 is 1.14 bits per heavy atom. The van der Waals surface area contributed by atoms with Crippen molar-refractivity contribution in [1.29, 1.82) is 5.26 Å². The van der Waals surface area contributed by atoms with Crippen LogP contribution in [0.25, 0.3) is 16.7 Å². The van der Waals surface area contributed by atoms with Gasteiger partial charge in [-0.15, -0.1) is 0 Å². The van der Waals surface area contributed by atoms with Crippen LogP contribution in [0.4, 0.5) is 5.82 Å². The van der Waals surface area contributed by atoms with E-state index >= 15 is 0 Å². The number of carbonyl (C=O) groups excluding carboxylic acids is 1. The van der Waals surface area contributed by atoms with E-state index in [0.717, 1.165) is 61.4 Å². The van der Waals surface area contributed by atoms with Crippen molar-refractivity contribution in [2.75, 3.05) is 31.1 Å². The highest BCUT2D eigenvalue weighted by Crippen LogP contribution is 2.30. The van der Waals surface area contributed by atoms with Gasteiger partial charge in [-0.3, -0.25) is 9.20 Å². The number of anilines is 1. The second kappa shape index (κ2) is 7.07. The van der Waals surface area contributed by atoms with E-state index in [9.17, 15) is 10.1 Å². The summed E-state index contributed by atoms with van der Waals surface area (Å²) in [5.74, 6) is 1.64. The predicted octanol–water partition coefficient (Wildman–Crippen LogP) is 3.51. The molecule has 1 aliphatic carbocycles. The van der Waals surface area contributed by atoms with E-state index in [1.54, 1.807) is 0 Å². The molecule has 3 aromatic rings. The third kappa shape index (κ3) is 2.93. The van der Waals surface area contributed by atoms with Gasteiger partial charge in [0.2, 0.25) is 5.91 Å². The van der Waals surface area contributed by atoms with Gasteiger partial charge in [-0.1, -0.05) is 25.0 Å². The van der Waals surface area contributed by atoms with Gasteiger partial charge >= 0.3 is 0 Å². The average Bonchev–Trinajstić information content (AvgIpc) is 3.41. The molecule has 5 rings (SSSR count). The third-order valence-corrected chi connectivity index (χ3v) is 6.48. The molecule has 0 spiro atoms. The second-order valence-corrected chi connectivity index (χ2v) is 8.23. The number of para-hydroxylation sites is 2. The van der Waals surface area contributed by atoms with Crippen LogP contribution >= 0.6 is 0 Å². The van der Waals surface area contributed by atoms with Gasteiger partial charge < -0.3 is 9.80 Å². The van der Waals surface area contributed by atoms with Crippen molar-refractivity contribution in [2.45, 2.75) is 32.6 Å². The van der Waals surface area contributed by atoms with Crippen molar-refractivity contribution >= 4 is 28.4 Å². The van der Waals surface area contributed by atoms with Crippen molar-refractivity contribution in [3.63, 3.8) is 0 Å². The number of amides is 1. The number of rotatable bonds is 2. The van der Waals surface area contributed by atoms with Crippen LogP contribution in [0.15, 0.2) is 30.3 Å². The number of imidazole rings is 1. The number of nitrogens with zero attached hydrogens (tertiary/aromatic N) is 5. The maximum Gasteiger partial charge on any atom is 0.225 e. The highest BCUT2D eigenvalue weighted by Gasteiger charge is 2.30. The van der Waals surface area contributed by atoms with E-state index < -0.39 is 0 Å². The molecule has 0 N–H and O–H groups in total. The highest BCUT2D eigenvalue weighted by atomic mass is 16.2. The normalized spacial score (nSPS) is 17.9. The lowest BCUT2D eigenvalue weighted by Gasteiger charge is -2.37. The fourth-order valence-electron chi connectivity index (χ4n) is 4.89. The van der Waals surface area contributed by atoms with Crippen LogP contribution in [0.3, 0.4) is 0 Å². The zero-order valence-electron chi connectivity index (χ0n) is 16.8. The molecule has 0 unspecified atom stereocenters. The molecule has 2 aromatic heterocycles. The molecule has 6 nitrogen and oxygen atoms in total. The Labute approximate surface area is 170 Å². The maximum absolute atomic E-state index is 12.8. The number of piperazine rings is 1. The standard InChI is InChI=1S/C23H25N5O/c1-16-14-21(26-10-12-27(13-11-26)23(29)17-6-2-3-7-17)28-20-9-5-4-8-19(20)25-22(28)18(16)15-24/h4-5,8-9,14,17H,2-3,6-7,10-13H2,1H3. The van der Waals surface area contributed by atoms with Gasteiger partial charge in [-0.05, 0) is 43.5 Å². The first kappa shape index (κ1) is 18.0. The summed E-state index contributed by atoms with van der Waals surface area (Å²) < 4.78 is 2.11. The fraction of sp³-hybridized carbons (Fsp3) is 0.435. The minimum atomic E-state index is 0.239. The van der Waals surface area contributed by atoms with E-state index in [4.69, 9.17) is 4.98 Å². The van der Waals surface area contributed by atoms with Gasteiger partial charge in [-0.25, -0.2) is 4.98 Å². The lowest BCUT2D eigenvalue weighted by molar-refractivity contribution is -0.135. The smallest absolute Gasteiger partial charge is 0.225 e. The summed E-state index contributed by atoms with van der Waals surface area (Å²) in [4.78, 5) is 21.9. The Morgan fingerprint density at radius 3 is 2.59 bits per heavy atom. The molecule has 3 heterocycles. The average molecular weight is 387 g/mol. The minimum absolute atomic E-state index is 0.239. The summed E-state index contributed by atoms with van der Waals surface area (Å²) in [6.45, 7) is 5.07. The van der Waals surface area contributed by atoms with Crippen LogP contribution in [0, 0.1) is 24.2 Å². The molecule has 1 aromatic carbocycles. The summed E-state index contributed by atoms with van der Waals surface area (Å²) in [5, 5.41) is 9.68. The summed E-state index contributed by atoms with van der Waals surface area (Å²) in [6, 6.07) is 12.4. The summed E-state index contributed by atoms with van der Waals surface area (Å²) in [6.07, 6.45) is 4.48. The van der Waals surface area contributed by atoms with Crippen molar-refractivity contribution < 1.29 is 4.79 Å². The fourth-order valence-corrected chi connectivity index (χ4v) is 4.89. The quantitative estimate of drug-likeness (QED) is 0.675. The zero-order valence-corrected chi connectivity index (χ0v) is 16.8. The first-order chi connectivity index (χ1) is 14.2. The van der Waals surface area contributed by atoms with Crippen LogP contribution in [-0.4, -0.2) is 46.4 Å². The summed E-state index contributed by atoms with van der Waals surface area (Å²) in [5.41, 5.74) is 4.19. The number of hydrogen-bond acceptors (Lipinski definition) is 4. The number of benzene rings is 1. The topological polar surface area (TPSA) is 64.6 Å². The van der Waals surface area contributed by atoms with E-state index in [1.807, 2.05) is 30.0 Å². The molecule has 2 fully saturated rings. The van der Waals surface area contributed by atoms with Gasteiger partial charge in [0.1, 0.15) is 11.9 Å². The Morgan fingerprint density at radius 2 is 1.86 bits per heavy atom. The van der Waals surface area contributed by atoms with Crippen molar-refractivity contribution in [1.82, 2.24) is 14.3 Å². The number of pyridine rings is 1. The Kier molecular flexibility index (Phi) is 4.39. The lowest BCUT2D eigenvalue weighted by Crippen LogP contribution is -2.50. The number of carbonyl (C=O) groups is 1. The number of aryl methyl sites for hydroxylation is 1. The van der Waals surface area contributed by atoms with E-state index in [-0.39, 0.29) is 5.92 Å². The lowest BCUT2D eigenvalue weighted by atomic mass is 10.1. The van der Waals surface area contributed by atoms with Crippen molar-refractivity contribution in [3.05, 3.63) is 41.5 Å². The number of fused-ring (bicyclic) bond motifs is 3. The van der Waals surface area contributed by atoms with Gasteiger partial charge in [-0.2, -0.15) is 5.26 Å². The molecule has 0 radical (unpaired) electrons. The molecule has 1 amide bonds. The minimum Gasteiger partial charge on any atom is -0.354 e. The molecule has 6 heteroatoms. The maximum atomic E-state index is 12.8. The molecular weight excluding hydrogens is 362 g/mol. The van der Waals surface area contributed by atoms with Crippen LogP contribution in [0.2, 0.25) is 0 Å². The molecule has 29 heavy (non-hydrogen) atoms. The zero-order chi connectivity index (χ0) is 20.0. The first-order valence-corrected chi connectivity index (χ1v) is 10.5. The van der Waals surface area contributed by atoms with Gasteiger partial charge in [0.25, 0.3) is 0 Å². The first-order valence-electron chi connectivity index (χ1n) is 10.5. The highest BCUT2D eigenvalue weighted by molar-refractivity contribution is 5.85. The Bertz CT molecular complexity index is 1130. The molecular formula is C23H25N5O. The molecule has 2 aliphatic rings. The number of aromatic nitrogens is 2. The van der Waals surface area contributed by atoms with Crippen molar-refractivity contribution in [3.8, 4) is 6.07 Å². The van der Waals surface area contributed by atoms with Crippen LogP contribution in [0.1, 0.15) is 36.8 Å². The van der Waals surface area contributed by atoms with E-state index in [1.165, 1.54) is 12.8 Å². The van der Waals surface area contributed by atoms with Crippen molar-refractivity contribution in [2.24, 2.45) is 5.92 Å². The van der Waals surface area contributed by atoms with Crippen LogP contribution in [-0.2, 0) is 4.79 Å². The van der Waals surface area contributed by atoms with E-state index in [2.05, 4.69) is 27.5 Å². The van der Waals surface area contributed by atoms with Crippen LogP contribution in [0.5, 0.6) is 0 Å². The largest absolute Gasteiger partial charge is 0.354 e. The van der Waals surface area contributed by atoms with Gasteiger partial charge in [0.05, 0.1) is 16.6 Å². The number of hydrogen-bond donors (Lipinski definition) is 0. The molecule has 0 bridgehead atoms. The number of nitriles is 1. The molecule has 1 saturated heterocycles. The summed E-state index contributed by atoms with van der Waals surface area (Å²) in [7, 11) is 0.